The van der Waals surface area contributed by atoms with Gasteiger partial charge in [0, 0.05) is 5.54 Å². The SMILES string of the molecule is CC(C)(C)NC(=O)CS(=O)(=O)CCCN. The zero-order valence-corrected chi connectivity index (χ0v) is 10.4. The molecule has 0 rings (SSSR count). The van der Waals surface area contributed by atoms with Crippen LogP contribution in [0.25, 0.3) is 0 Å². The number of hydrogen-bond acceptors (Lipinski definition) is 4. The summed E-state index contributed by atoms with van der Waals surface area (Å²) in [5, 5.41) is 2.60. The first-order valence-electron chi connectivity index (χ1n) is 4.88. The summed E-state index contributed by atoms with van der Waals surface area (Å²) in [6.07, 6.45) is 0.394. The van der Waals surface area contributed by atoms with Gasteiger partial charge in [-0.05, 0) is 33.7 Å². The molecule has 0 saturated carbocycles. The molecule has 6 heteroatoms. The number of rotatable bonds is 5. The van der Waals surface area contributed by atoms with Gasteiger partial charge in [0.25, 0.3) is 0 Å². The number of hydrogen-bond donors (Lipinski definition) is 2. The van der Waals surface area contributed by atoms with E-state index in [1.807, 2.05) is 0 Å². The zero-order valence-electron chi connectivity index (χ0n) is 9.54. The van der Waals surface area contributed by atoms with Crippen LogP contribution in [0.5, 0.6) is 0 Å². The second kappa shape index (κ2) is 5.46. The van der Waals surface area contributed by atoms with Crippen LogP contribution in [0.3, 0.4) is 0 Å². The van der Waals surface area contributed by atoms with Crippen LogP contribution in [0.4, 0.5) is 0 Å². The molecule has 0 aromatic rings. The topological polar surface area (TPSA) is 89.3 Å². The Morgan fingerprint density at radius 3 is 2.27 bits per heavy atom. The van der Waals surface area contributed by atoms with Crippen LogP contribution in [0, 0.1) is 0 Å². The third-order valence-electron chi connectivity index (χ3n) is 1.52. The molecular weight excluding hydrogens is 216 g/mol. The van der Waals surface area contributed by atoms with Gasteiger partial charge in [-0.2, -0.15) is 0 Å². The highest BCUT2D eigenvalue weighted by Gasteiger charge is 2.20. The minimum atomic E-state index is -3.31. The summed E-state index contributed by atoms with van der Waals surface area (Å²) in [5.41, 5.74) is 4.80. The van der Waals surface area contributed by atoms with E-state index >= 15 is 0 Å². The average molecular weight is 236 g/mol. The maximum absolute atomic E-state index is 11.4. The first-order chi connectivity index (χ1) is 6.66. The summed E-state index contributed by atoms with van der Waals surface area (Å²) in [6, 6.07) is 0. The minimum Gasteiger partial charge on any atom is -0.351 e. The van der Waals surface area contributed by atoms with Crippen LogP contribution in [0.15, 0.2) is 0 Å². The largest absolute Gasteiger partial charge is 0.351 e. The monoisotopic (exact) mass is 236 g/mol. The van der Waals surface area contributed by atoms with E-state index in [2.05, 4.69) is 5.32 Å². The predicted molar refractivity (Wildman–Crippen MR) is 60.2 cm³/mol. The highest BCUT2D eigenvalue weighted by molar-refractivity contribution is 7.92. The van der Waals surface area contributed by atoms with Gasteiger partial charge >= 0.3 is 0 Å². The van der Waals surface area contributed by atoms with Crippen LogP contribution in [-0.2, 0) is 14.6 Å². The van der Waals surface area contributed by atoms with Gasteiger partial charge in [-0.25, -0.2) is 8.42 Å². The van der Waals surface area contributed by atoms with Crippen LogP contribution in [0.2, 0.25) is 0 Å². The van der Waals surface area contributed by atoms with E-state index in [0.717, 1.165) is 0 Å². The molecule has 0 aliphatic carbocycles. The number of carbonyl (C=O) groups is 1. The van der Waals surface area contributed by atoms with Gasteiger partial charge in [0.05, 0.1) is 5.75 Å². The van der Waals surface area contributed by atoms with Gasteiger partial charge in [0.1, 0.15) is 5.75 Å². The van der Waals surface area contributed by atoms with Gasteiger partial charge in [-0.3, -0.25) is 4.79 Å². The van der Waals surface area contributed by atoms with Crippen molar-refractivity contribution in [2.45, 2.75) is 32.7 Å². The second-order valence-corrected chi connectivity index (χ2v) is 6.72. The molecule has 0 fully saturated rings. The lowest BCUT2D eigenvalue weighted by Gasteiger charge is -2.20. The van der Waals surface area contributed by atoms with E-state index in [1.54, 1.807) is 20.8 Å². The Morgan fingerprint density at radius 1 is 1.33 bits per heavy atom. The Kier molecular flexibility index (Phi) is 5.23. The molecule has 15 heavy (non-hydrogen) atoms. The molecule has 5 nitrogen and oxygen atoms in total. The summed E-state index contributed by atoms with van der Waals surface area (Å²) >= 11 is 0. The van der Waals surface area contributed by atoms with E-state index in [-0.39, 0.29) is 5.75 Å². The summed E-state index contributed by atoms with van der Waals surface area (Å²) in [7, 11) is -3.31. The molecule has 1 amide bonds. The van der Waals surface area contributed by atoms with E-state index < -0.39 is 27.0 Å². The van der Waals surface area contributed by atoms with Crippen molar-refractivity contribution in [2.24, 2.45) is 5.73 Å². The molecule has 3 N–H and O–H groups in total. The molecule has 0 aliphatic rings. The fourth-order valence-corrected chi connectivity index (χ4v) is 2.25. The number of nitrogens with one attached hydrogen (secondary N) is 1. The second-order valence-electron chi connectivity index (χ2n) is 4.53. The van der Waals surface area contributed by atoms with E-state index in [4.69, 9.17) is 5.73 Å². The maximum Gasteiger partial charge on any atom is 0.235 e. The fraction of sp³-hybridized carbons (Fsp3) is 0.889. The van der Waals surface area contributed by atoms with Crippen molar-refractivity contribution in [1.29, 1.82) is 0 Å². The van der Waals surface area contributed by atoms with E-state index in [0.29, 0.717) is 13.0 Å². The van der Waals surface area contributed by atoms with Crippen molar-refractivity contribution >= 4 is 15.7 Å². The highest BCUT2D eigenvalue weighted by atomic mass is 32.2. The molecule has 0 unspecified atom stereocenters. The van der Waals surface area contributed by atoms with Crippen LogP contribution in [-0.4, -0.2) is 37.9 Å². The van der Waals surface area contributed by atoms with Gasteiger partial charge in [0.2, 0.25) is 5.91 Å². The molecule has 0 radical (unpaired) electrons. The standard InChI is InChI=1S/C9H20N2O3S/c1-9(2,3)11-8(12)7-15(13,14)6-4-5-10/h4-7,10H2,1-3H3,(H,11,12). The highest BCUT2D eigenvalue weighted by Crippen LogP contribution is 2.00. The summed E-state index contributed by atoms with van der Waals surface area (Å²) in [6.45, 7) is 5.73. The maximum atomic E-state index is 11.4. The molecular formula is C9H20N2O3S. The molecule has 0 aliphatic heterocycles. The summed E-state index contributed by atoms with van der Waals surface area (Å²) < 4.78 is 22.7. The molecule has 0 heterocycles. The Morgan fingerprint density at radius 2 is 1.87 bits per heavy atom. The van der Waals surface area contributed by atoms with Gasteiger partial charge in [0.15, 0.2) is 9.84 Å². The molecule has 0 saturated heterocycles. The van der Waals surface area contributed by atoms with E-state index in [1.165, 1.54) is 0 Å². The number of nitrogens with two attached hydrogens (primary N) is 1. The lowest BCUT2D eigenvalue weighted by atomic mass is 10.1. The number of carbonyl (C=O) groups excluding carboxylic acids is 1. The number of sulfone groups is 1. The molecule has 0 atom stereocenters. The predicted octanol–water partition coefficient (Wildman–Crippen LogP) is -0.335. The van der Waals surface area contributed by atoms with Gasteiger partial charge in [-0.15, -0.1) is 0 Å². The smallest absolute Gasteiger partial charge is 0.235 e. The van der Waals surface area contributed by atoms with Crippen molar-refractivity contribution in [2.75, 3.05) is 18.1 Å². The van der Waals surface area contributed by atoms with Crippen LogP contribution < -0.4 is 11.1 Å². The molecule has 0 bridgehead atoms. The van der Waals surface area contributed by atoms with Gasteiger partial charge < -0.3 is 11.1 Å². The lowest BCUT2D eigenvalue weighted by molar-refractivity contribution is -0.120. The van der Waals surface area contributed by atoms with E-state index in [9.17, 15) is 13.2 Å². The van der Waals surface area contributed by atoms with Crippen LogP contribution in [0.1, 0.15) is 27.2 Å². The molecule has 90 valence electrons. The normalized spacial score (nSPS) is 12.5. The van der Waals surface area contributed by atoms with Gasteiger partial charge in [-0.1, -0.05) is 0 Å². The molecule has 0 spiro atoms. The summed E-state index contributed by atoms with van der Waals surface area (Å²) in [5.74, 6) is -0.940. The van der Waals surface area contributed by atoms with Crippen molar-refractivity contribution in [1.82, 2.24) is 5.32 Å². The van der Waals surface area contributed by atoms with Crippen LogP contribution >= 0.6 is 0 Å². The Hall–Kier alpha value is -0.620. The molecule has 0 aromatic heterocycles. The summed E-state index contributed by atoms with van der Waals surface area (Å²) in [4.78, 5) is 11.3. The Labute approximate surface area is 91.3 Å². The van der Waals surface area contributed by atoms with Crippen molar-refractivity contribution < 1.29 is 13.2 Å². The van der Waals surface area contributed by atoms with Crippen molar-refractivity contribution in [3.8, 4) is 0 Å². The Balaban J connectivity index is 4.17. The lowest BCUT2D eigenvalue weighted by Crippen LogP contribution is -2.43. The minimum absolute atomic E-state index is 0.0267. The average Bonchev–Trinajstić information content (AvgIpc) is 1.95. The van der Waals surface area contributed by atoms with Crippen molar-refractivity contribution in [3.63, 3.8) is 0 Å². The first-order valence-corrected chi connectivity index (χ1v) is 6.70. The third-order valence-corrected chi connectivity index (χ3v) is 3.14. The quantitative estimate of drug-likeness (QED) is 0.683. The first kappa shape index (κ1) is 14.4. The zero-order chi connectivity index (χ0) is 12.1. The number of amides is 1. The third kappa shape index (κ3) is 8.38. The Bertz CT molecular complexity index is 304. The molecule has 0 aromatic carbocycles. The fourth-order valence-electron chi connectivity index (χ4n) is 1.03. The van der Waals surface area contributed by atoms with Crippen molar-refractivity contribution in [3.05, 3.63) is 0 Å².